The Morgan fingerprint density at radius 2 is 1.78 bits per heavy atom. The minimum Gasteiger partial charge on any atom is -0.476 e. The number of carbonyl (C=O) groups is 1. The van der Waals surface area contributed by atoms with Crippen molar-refractivity contribution < 1.29 is 9.90 Å². The van der Waals surface area contributed by atoms with Crippen LogP contribution in [0, 0.1) is 0 Å². The van der Waals surface area contributed by atoms with Gasteiger partial charge in [-0.2, -0.15) is 0 Å². The zero-order valence-corrected chi connectivity index (χ0v) is 10.1. The van der Waals surface area contributed by atoms with Gasteiger partial charge in [-0.05, 0) is 18.2 Å². The second kappa shape index (κ2) is 5.47. The molecule has 0 saturated heterocycles. The number of hydrogen-bond donors (Lipinski definition) is 1. The Labute approximate surface area is 109 Å². The summed E-state index contributed by atoms with van der Waals surface area (Å²) in [5.41, 5.74) is 1.08. The maximum atomic E-state index is 11.2. The van der Waals surface area contributed by atoms with E-state index in [1.165, 1.54) is 0 Å². The number of carboxylic acid groups (broad SMARTS) is 1. The SMILES string of the molecule is O=C(O)C(=Nc1cccc(Cl)c1)c1ccccc1. The van der Waals surface area contributed by atoms with E-state index < -0.39 is 5.97 Å². The predicted octanol–water partition coefficient (Wildman–Crippen LogP) is 3.55. The van der Waals surface area contributed by atoms with Crippen LogP contribution in [0.5, 0.6) is 0 Å². The van der Waals surface area contributed by atoms with Gasteiger partial charge in [-0.1, -0.05) is 48.0 Å². The van der Waals surface area contributed by atoms with Crippen molar-refractivity contribution in [3.05, 3.63) is 65.2 Å². The van der Waals surface area contributed by atoms with Crippen LogP contribution in [-0.4, -0.2) is 16.8 Å². The molecular weight excluding hydrogens is 250 g/mol. The third kappa shape index (κ3) is 2.96. The quantitative estimate of drug-likeness (QED) is 0.857. The molecule has 4 heteroatoms. The predicted molar refractivity (Wildman–Crippen MR) is 71.7 cm³/mol. The zero-order chi connectivity index (χ0) is 13.0. The van der Waals surface area contributed by atoms with E-state index in [0.717, 1.165) is 0 Å². The Morgan fingerprint density at radius 3 is 2.39 bits per heavy atom. The molecule has 2 rings (SSSR count). The van der Waals surface area contributed by atoms with Gasteiger partial charge in [0, 0.05) is 10.6 Å². The van der Waals surface area contributed by atoms with Crippen LogP contribution in [0.1, 0.15) is 5.56 Å². The van der Waals surface area contributed by atoms with Gasteiger partial charge in [-0.15, -0.1) is 0 Å². The molecule has 0 saturated carbocycles. The van der Waals surface area contributed by atoms with E-state index >= 15 is 0 Å². The number of carboxylic acids is 1. The molecule has 0 atom stereocenters. The van der Waals surface area contributed by atoms with Crippen molar-refractivity contribution in [3.63, 3.8) is 0 Å². The second-order valence-corrected chi connectivity index (χ2v) is 4.05. The summed E-state index contributed by atoms with van der Waals surface area (Å²) in [4.78, 5) is 15.3. The van der Waals surface area contributed by atoms with E-state index in [2.05, 4.69) is 4.99 Å². The largest absolute Gasteiger partial charge is 0.476 e. The third-order valence-corrected chi connectivity index (χ3v) is 2.53. The highest BCUT2D eigenvalue weighted by atomic mass is 35.5. The van der Waals surface area contributed by atoms with E-state index in [9.17, 15) is 9.90 Å². The van der Waals surface area contributed by atoms with E-state index in [0.29, 0.717) is 16.3 Å². The summed E-state index contributed by atoms with van der Waals surface area (Å²) >= 11 is 5.84. The average molecular weight is 260 g/mol. The molecule has 18 heavy (non-hydrogen) atoms. The molecule has 0 radical (unpaired) electrons. The number of nitrogens with zero attached hydrogens (tertiary/aromatic N) is 1. The average Bonchev–Trinajstić information content (AvgIpc) is 2.37. The van der Waals surface area contributed by atoms with Crippen molar-refractivity contribution in [1.82, 2.24) is 0 Å². The molecule has 0 heterocycles. The minimum atomic E-state index is -1.07. The molecule has 0 spiro atoms. The van der Waals surface area contributed by atoms with Crippen molar-refractivity contribution in [1.29, 1.82) is 0 Å². The van der Waals surface area contributed by atoms with E-state index in [1.54, 1.807) is 48.5 Å². The maximum absolute atomic E-state index is 11.2. The molecule has 3 nitrogen and oxygen atoms in total. The third-order valence-electron chi connectivity index (χ3n) is 2.30. The molecule has 0 fully saturated rings. The lowest BCUT2D eigenvalue weighted by molar-refractivity contribution is -0.129. The highest BCUT2D eigenvalue weighted by molar-refractivity contribution is 6.43. The lowest BCUT2D eigenvalue weighted by atomic mass is 10.1. The van der Waals surface area contributed by atoms with Gasteiger partial charge in [0.1, 0.15) is 0 Å². The fourth-order valence-corrected chi connectivity index (χ4v) is 1.69. The van der Waals surface area contributed by atoms with Gasteiger partial charge in [0.15, 0.2) is 5.71 Å². The molecule has 0 aromatic heterocycles. The number of aliphatic carboxylic acids is 1. The molecule has 0 amide bonds. The van der Waals surface area contributed by atoms with Gasteiger partial charge in [-0.25, -0.2) is 9.79 Å². The Balaban J connectivity index is 2.46. The van der Waals surface area contributed by atoms with Crippen molar-refractivity contribution in [2.75, 3.05) is 0 Å². The van der Waals surface area contributed by atoms with E-state index in [4.69, 9.17) is 11.6 Å². The maximum Gasteiger partial charge on any atom is 0.355 e. The van der Waals surface area contributed by atoms with Crippen molar-refractivity contribution in [2.45, 2.75) is 0 Å². The molecule has 0 aliphatic heterocycles. The number of halogens is 1. The van der Waals surface area contributed by atoms with Crippen molar-refractivity contribution in [3.8, 4) is 0 Å². The summed E-state index contributed by atoms with van der Waals surface area (Å²) < 4.78 is 0. The Kier molecular flexibility index (Phi) is 3.75. The van der Waals surface area contributed by atoms with Crippen LogP contribution in [0.25, 0.3) is 0 Å². The van der Waals surface area contributed by atoms with Crippen LogP contribution in [0.2, 0.25) is 5.02 Å². The van der Waals surface area contributed by atoms with Gasteiger partial charge in [0.2, 0.25) is 0 Å². The summed E-state index contributed by atoms with van der Waals surface area (Å²) in [5.74, 6) is -1.07. The second-order valence-electron chi connectivity index (χ2n) is 3.61. The lowest BCUT2D eigenvalue weighted by Gasteiger charge is -2.02. The Hall–Kier alpha value is -2.13. The minimum absolute atomic E-state index is 0.00198. The molecule has 1 N–H and O–H groups in total. The highest BCUT2D eigenvalue weighted by Gasteiger charge is 2.11. The summed E-state index contributed by atoms with van der Waals surface area (Å²) in [5, 5.41) is 9.72. The van der Waals surface area contributed by atoms with Crippen LogP contribution in [0.4, 0.5) is 5.69 Å². The van der Waals surface area contributed by atoms with Crippen LogP contribution in [-0.2, 0) is 4.79 Å². The number of aliphatic imine (C=N–C) groups is 1. The first-order valence-corrected chi connectivity index (χ1v) is 5.67. The molecule has 2 aromatic rings. The monoisotopic (exact) mass is 259 g/mol. The summed E-state index contributed by atoms with van der Waals surface area (Å²) in [6.07, 6.45) is 0. The van der Waals surface area contributed by atoms with Gasteiger partial charge in [0.25, 0.3) is 0 Å². The smallest absolute Gasteiger partial charge is 0.355 e. The number of benzene rings is 2. The normalized spacial score (nSPS) is 11.3. The Morgan fingerprint density at radius 1 is 1.06 bits per heavy atom. The van der Waals surface area contributed by atoms with Crippen molar-refractivity contribution >= 4 is 29.0 Å². The highest BCUT2D eigenvalue weighted by Crippen LogP contribution is 2.19. The van der Waals surface area contributed by atoms with E-state index in [-0.39, 0.29) is 5.71 Å². The molecule has 0 unspecified atom stereocenters. The van der Waals surface area contributed by atoms with Gasteiger partial charge in [-0.3, -0.25) is 0 Å². The Bertz CT molecular complexity index is 594. The van der Waals surface area contributed by atoms with Crippen LogP contribution < -0.4 is 0 Å². The van der Waals surface area contributed by atoms with Gasteiger partial charge >= 0.3 is 5.97 Å². The van der Waals surface area contributed by atoms with Gasteiger partial charge < -0.3 is 5.11 Å². The lowest BCUT2D eigenvalue weighted by Crippen LogP contribution is -2.13. The number of rotatable bonds is 3. The first-order valence-electron chi connectivity index (χ1n) is 5.30. The molecule has 0 aliphatic rings. The fraction of sp³-hybridized carbons (Fsp3) is 0. The van der Waals surface area contributed by atoms with Crippen LogP contribution in [0.15, 0.2) is 59.6 Å². The fourth-order valence-electron chi connectivity index (χ4n) is 1.51. The standard InChI is InChI=1S/C14H10ClNO2/c15-11-7-4-8-12(9-11)16-13(14(17)18)10-5-2-1-3-6-10/h1-9H,(H,17,18). The number of hydrogen-bond acceptors (Lipinski definition) is 2. The molecule has 0 bridgehead atoms. The van der Waals surface area contributed by atoms with Gasteiger partial charge in [0.05, 0.1) is 5.69 Å². The summed E-state index contributed by atoms with van der Waals surface area (Å²) in [6.45, 7) is 0. The summed E-state index contributed by atoms with van der Waals surface area (Å²) in [6, 6.07) is 15.5. The topological polar surface area (TPSA) is 49.7 Å². The molecular formula is C14H10ClNO2. The molecule has 2 aromatic carbocycles. The first kappa shape index (κ1) is 12.3. The zero-order valence-electron chi connectivity index (χ0n) is 9.38. The van der Waals surface area contributed by atoms with Crippen molar-refractivity contribution in [2.24, 2.45) is 4.99 Å². The molecule has 90 valence electrons. The van der Waals surface area contributed by atoms with Crippen LogP contribution >= 0.6 is 11.6 Å². The summed E-state index contributed by atoms with van der Waals surface area (Å²) in [7, 11) is 0. The van der Waals surface area contributed by atoms with E-state index in [1.807, 2.05) is 6.07 Å². The molecule has 0 aliphatic carbocycles. The first-order chi connectivity index (χ1) is 8.66. The van der Waals surface area contributed by atoms with Crippen LogP contribution in [0.3, 0.4) is 0 Å².